The van der Waals surface area contributed by atoms with Crippen molar-refractivity contribution in [3.8, 4) is 0 Å². The number of nitrogens with zero attached hydrogens (tertiary/aromatic N) is 4. The van der Waals surface area contributed by atoms with Gasteiger partial charge in [-0.3, -0.25) is 0 Å². The van der Waals surface area contributed by atoms with E-state index < -0.39 is 37.3 Å². The lowest BCUT2D eigenvalue weighted by Crippen LogP contribution is -2.56. The van der Waals surface area contributed by atoms with Gasteiger partial charge in [0.05, 0.1) is 6.61 Å². The van der Waals surface area contributed by atoms with Crippen LogP contribution in [0.4, 0.5) is 0 Å². The molecule has 1 aliphatic heterocycles. The van der Waals surface area contributed by atoms with Crippen LogP contribution in [0.1, 0.15) is 17.6 Å². The molecule has 1 aromatic carbocycles. The van der Waals surface area contributed by atoms with E-state index in [1.54, 1.807) is 0 Å². The average molecular weight is 401 g/mol. The average Bonchev–Trinajstić information content (AvgIpc) is 3.03. The van der Waals surface area contributed by atoms with Crippen molar-refractivity contribution in [2.24, 2.45) is 0 Å². The molecule has 1 fully saturated rings. The third kappa shape index (κ3) is 3.48. The second-order valence-corrected chi connectivity index (χ2v) is 6.46. The topological polar surface area (TPSA) is 134 Å². The Morgan fingerprint density at radius 2 is 1.79 bits per heavy atom. The fraction of sp³-hybridized carbons (Fsp3) is 0.500. The molecule has 130 valence electrons. The maximum atomic E-state index is 10.1. The molecule has 3 rings (SSSR count). The van der Waals surface area contributed by atoms with Gasteiger partial charge >= 0.3 is 0 Å². The van der Waals surface area contributed by atoms with E-state index in [9.17, 15) is 20.4 Å². The Bertz CT molecular complexity index is 680. The number of hydrogen-bond donors (Lipinski definition) is 4. The predicted octanol–water partition coefficient (Wildman–Crippen LogP) is -1.00. The first-order valence-corrected chi connectivity index (χ1v) is 8.12. The SMILES string of the molecule is OCC1OC(n2nnc(Cc3ccc(Br)cc3)n2)C(O)C(O)C1O. The standard InChI is InChI=1S/C14H17BrN4O5/c15-8-3-1-7(2-4-8)5-10-16-18-19(17-10)14-13(23)12(22)11(21)9(6-20)24-14/h1-4,9,11-14,20-23H,5-6H2. The molecule has 10 heteroatoms. The summed E-state index contributed by atoms with van der Waals surface area (Å²) in [6.07, 6.45) is -6.09. The van der Waals surface area contributed by atoms with Gasteiger partial charge < -0.3 is 25.2 Å². The molecule has 5 atom stereocenters. The number of benzene rings is 1. The van der Waals surface area contributed by atoms with Crippen molar-refractivity contribution in [2.45, 2.75) is 37.1 Å². The van der Waals surface area contributed by atoms with Gasteiger partial charge in [-0.2, -0.15) is 0 Å². The largest absolute Gasteiger partial charge is 0.394 e. The van der Waals surface area contributed by atoms with Crippen LogP contribution in [0.25, 0.3) is 0 Å². The van der Waals surface area contributed by atoms with Crippen LogP contribution in [-0.2, 0) is 11.2 Å². The second-order valence-electron chi connectivity index (χ2n) is 5.55. The number of aliphatic hydroxyl groups excluding tert-OH is 4. The van der Waals surface area contributed by atoms with Crippen molar-refractivity contribution >= 4 is 15.9 Å². The van der Waals surface area contributed by atoms with Gasteiger partial charge in [0, 0.05) is 10.9 Å². The first-order valence-electron chi connectivity index (χ1n) is 7.33. The smallest absolute Gasteiger partial charge is 0.199 e. The molecule has 2 heterocycles. The lowest BCUT2D eigenvalue weighted by molar-refractivity contribution is -0.257. The van der Waals surface area contributed by atoms with E-state index >= 15 is 0 Å². The van der Waals surface area contributed by atoms with Gasteiger partial charge in [0.25, 0.3) is 0 Å². The molecule has 9 nitrogen and oxygen atoms in total. The Morgan fingerprint density at radius 3 is 2.46 bits per heavy atom. The summed E-state index contributed by atoms with van der Waals surface area (Å²) in [5, 5.41) is 50.8. The third-order valence-corrected chi connectivity index (χ3v) is 4.37. The monoisotopic (exact) mass is 400 g/mol. The van der Waals surface area contributed by atoms with E-state index in [1.165, 1.54) is 0 Å². The van der Waals surface area contributed by atoms with Crippen molar-refractivity contribution in [3.05, 3.63) is 40.1 Å². The summed E-state index contributed by atoms with van der Waals surface area (Å²) >= 11 is 3.36. The Labute approximate surface area is 145 Å². The van der Waals surface area contributed by atoms with E-state index in [4.69, 9.17) is 4.74 Å². The Morgan fingerprint density at radius 1 is 1.08 bits per heavy atom. The molecule has 0 saturated carbocycles. The van der Waals surface area contributed by atoms with Gasteiger partial charge in [-0.25, -0.2) is 0 Å². The van der Waals surface area contributed by atoms with Gasteiger partial charge in [0.2, 0.25) is 0 Å². The van der Waals surface area contributed by atoms with Crippen molar-refractivity contribution in [1.29, 1.82) is 0 Å². The van der Waals surface area contributed by atoms with Crippen LogP contribution in [0, 0.1) is 0 Å². The summed E-state index contributed by atoms with van der Waals surface area (Å²) in [4.78, 5) is 1.04. The summed E-state index contributed by atoms with van der Waals surface area (Å²) in [6, 6.07) is 7.63. The van der Waals surface area contributed by atoms with Crippen LogP contribution >= 0.6 is 15.9 Å². The van der Waals surface area contributed by atoms with Gasteiger partial charge in [-0.1, -0.05) is 28.1 Å². The van der Waals surface area contributed by atoms with Crippen molar-refractivity contribution in [3.63, 3.8) is 0 Å². The molecule has 0 bridgehead atoms. The zero-order chi connectivity index (χ0) is 17.3. The lowest BCUT2D eigenvalue weighted by atomic mass is 9.99. The molecular weight excluding hydrogens is 384 g/mol. The Hall–Kier alpha value is -1.43. The highest BCUT2D eigenvalue weighted by atomic mass is 79.9. The highest BCUT2D eigenvalue weighted by Gasteiger charge is 2.45. The van der Waals surface area contributed by atoms with Gasteiger partial charge in [0.15, 0.2) is 12.1 Å². The quantitative estimate of drug-likeness (QED) is 0.513. The molecule has 2 aromatic rings. The van der Waals surface area contributed by atoms with Crippen molar-refractivity contribution in [1.82, 2.24) is 20.2 Å². The number of rotatable bonds is 4. The van der Waals surface area contributed by atoms with Gasteiger partial charge in [0.1, 0.15) is 24.4 Å². The highest BCUT2D eigenvalue weighted by molar-refractivity contribution is 9.10. The number of hydrogen-bond acceptors (Lipinski definition) is 8. The normalized spacial score (nSPS) is 30.5. The molecule has 0 radical (unpaired) electrons. The molecule has 1 saturated heterocycles. The first kappa shape index (κ1) is 17.4. The Balaban J connectivity index is 1.75. The number of ether oxygens (including phenoxy) is 1. The van der Waals surface area contributed by atoms with Crippen molar-refractivity contribution < 1.29 is 25.2 Å². The van der Waals surface area contributed by atoms with E-state index in [0.29, 0.717) is 12.2 Å². The molecule has 4 N–H and O–H groups in total. The number of aromatic nitrogens is 4. The van der Waals surface area contributed by atoms with Crippen LogP contribution in [-0.4, -0.2) is 71.7 Å². The summed E-state index contributed by atoms with van der Waals surface area (Å²) in [7, 11) is 0. The summed E-state index contributed by atoms with van der Waals surface area (Å²) in [6.45, 7) is -0.512. The van der Waals surface area contributed by atoms with E-state index in [1.807, 2.05) is 24.3 Å². The molecule has 24 heavy (non-hydrogen) atoms. The second kappa shape index (κ2) is 7.21. The lowest BCUT2D eigenvalue weighted by Gasteiger charge is -2.38. The molecule has 0 aliphatic carbocycles. The molecule has 5 unspecified atom stereocenters. The minimum Gasteiger partial charge on any atom is -0.394 e. The maximum absolute atomic E-state index is 10.1. The zero-order valence-electron chi connectivity index (χ0n) is 12.5. The minimum atomic E-state index is -1.48. The fourth-order valence-corrected chi connectivity index (χ4v) is 2.76. The maximum Gasteiger partial charge on any atom is 0.199 e. The van der Waals surface area contributed by atoms with Crippen LogP contribution in [0.2, 0.25) is 0 Å². The molecule has 0 amide bonds. The Kier molecular flexibility index (Phi) is 5.23. The third-order valence-electron chi connectivity index (χ3n) is 3.84. The molecule has 1 aromatic heterocycles. The number of aliphatic hydroxyl groups is 4. The minimum absolute atomic E-state index is 0.411. The van der Waals surface area contributed by atoms with E-state index in [2.05, 4.69) is 31.3 Å². The van der Waals surface area contributed by atoms with E-state index in [-0.39, 0.29) is 0 Å². The van der Waals surface area contributed by atoms with E-state index in [0.717, 1.165) is 14.8 Å². The van der Waals surface area contributed by atoms with Gasteiger partial charge in [-0.05, 0) is 22.9 Å². The zero-order valence-corrected chi connectivity index (χ0v) is 14.1. The highest BCUT2D eigenvalue weighted by Crippen LogP contribution is 2.27. The summed E-state index contributed by atoms with van der Waals surface area (Å²) in [5.74, 6) is 0.411. The number of halogens is 1. The fourth-order valence-electron chi connectivity index (χ4n) is 2.49. The summed E-state index contributed by atoms with van der Waals surface area (Å²) < 4.78 is 6.34. The van der Waals surface area contributed by atoms with Crippen LogP contribution in [0.15, 0.2) is 28.7 Å². The molecule has 1 aliphatic rings. The predicted molar refractivity (Wildman–Crippen MR) is 83.8 cm³/mol. The number of tetrazole rings is 1. The first-order chi connectivity index (χ1) is 11.5. The molecule has 0 spiro atoms. The van der Waals surface area contributed by atoms with Crippen molar-refractivity contribution in [2.75, 3.05) is 6.61 Å². The van der Waals surface area contributed by atoms with Gasteiger partial charge in [-0.15, -0.1) is 15.0 Å². The molecular formula is C14H17BrN4O5. The summed E-state index contributed by atoms with van der Waals surface area (Å²) in [5.41, 5.74) is 0.978. The van der Waals surface area contributed by atoms with Crippen LogP contribution in [0.5, 0.6) is 0 Å². The van der Waals surface area contributed by atoms with Crippen LogP contribution in [0.3, 0.4) is 0 Å². The van der Waals surface area contributed by atoms with Crippen LogP contribution < -0.4 is 0 Å².